The number of benzene rings is 2. The Morgan fingerprint density at radius 2 is 1.80 bits per heavy atom. The molecule has 5 nitrogen and oxygen atoms in total. The lowest BCUT2D eigenvalue weighted by atomic mass is 10.1. The molecule has 7 heteroatoms. The molecule has 0 unspecified atom stereocenters. The van der Waals surface area contributed by atoms with Gasteiger partial charge in [0.05, 0.1) is 11.5 Å². The van der Waals surface area contributed by atoms with Gasteiger partial charge in [0.1, 0.15) is 5.82 Å². The SMILES string of the molecule is C=CCn1c(CSc2ccccc2)nnc1SCC(=O)Nc1c(C)cc(C)cc1C. The smallest absolute Gasteiger partial charge is 0.234 e. The molecule has 0 aliphatic carbocycles. The van der Waals surface area contributed by atoms with E-state index < -0.39 is 0 Å². The number of carbonyl (C=O) groups is 1. The summed E-state index contributed by atoms with van der Waals surface area (Å²) in [5, 5.41) is 12.4. The number of allylic oxidation sites excluding steroid dienone is 1. The standard InChI is InChI=1S/C23H26N4OS2/c1-5-11-27-20(14-29-19-9-7-6-8-10-19)25-26-23(27)30-15-21(28)24-22-17(3)12-16(2)13-18(22)4/h5-10,12-13H,1,11,14-15H2,2-4H3,(H,24,28). The first-order valence-electron chi connectivity index (χ1n) is 9.69. The number of thioether (sulfide) groups is 2. The number of hydrogen-bond acceptors (Lipinski definition) is 5. The van der Waals surface area contributed by atoms with Gasteiger partial charge >= 0.3 is 0 Å². The molecule has 0 aliphatic heterocycles. The third-order valence-electron chi connectivity index (χ3n) is 4.49. The number of nitrogens with zero attached hydrogens (tertiary/aromatic N) is 3. The second-order valence-corrected chi connectivity index (χ2v) is 9.00. The fraction of sp³-hybridized carbons (Fsp3) is 0.261. The van der Waals surface area contributed by atoms with E-state index in [0.717, 1.165) is 27.8 Å². The minimum atomic E-state index is -0.0524. The van der Waals surface area contributed by atoms with E-state index in [1.807, 2.05) is 42.7 Å². The molecule has 0 atom stereocenters. The molecule has 0 bridgehead atoms. The Morgan fingerprint density at radius 3 is 2.47 bits per heavy atom. The van der Waals surface area contributed by atoms with Gasteiger partial charge in [-0.3, -0.25) is 4.79 Å². The van der Waals surface area contributed by atoms with Crippen molar-refractivity contribution in [3.05, 3.63) is 77.6 Å². The lowest BCUT2D eigenvalue weighted by Gasteiger charge is -2.13. The van der Waals surface area contributed by atoms with Gasteiger partial charge in [0.15, 0.2) is 5.16 Å². The van der Waals surface area contributed by atoms with Crippen LogP contribution in [0.3, 0.4) is 0 Å². The van der Waals surface area contributed by atoms with Crippen LogP contribution < -0.4 is 5.32 Å². The molecule has 0 fully saturated rings. The minimum absolute atomic E-state index is 0.0524. The fourth-order valence-electron chi connectivity index (χ4n) is 3.19. The molecule has 156 valence electrons. The summed E-state index contributed by atoms with van der Waals surface area (Å²) in [7, 11) is 0. The highest BCUT2D eigenvalue weighted by Crippen LogP contribution is 2.26. The molecule has 2 aromatic carbocycles. The number of carbonyl (C=O) groups excluding carboxylic acids is 1. The van der Waals surface area contributed by atoms with Gasteiger partial charge in [-0.2, -0.15) is 0 Å². The first kappa shape index (κ1) is 22.2. The van der Waals surface area contributed by atoms with E-state index in [1.165, 1.54) is 22.2 Å². The first-order valence-corrected chi connectivity index (χ1v) is 11.7. The Balaban J connectivity index is 1.64. The molecule has 3 rings (SSSR count). The highest BCUT2D eigenvalue weighted by molar-refractivity contribution is 7.99. The highest BCUT2D eigenvalue weighted by atomic mass is 32.2. The summed E-state index contributed by atoms with van der Waals surface area (Å²) < 4.78 is 2.02. The van der Waals surface area contributed by atoms with Gasteiger partial charge in [-0.05, 0) is 44.0 Å². The molecule has 0 saturated heterocycles. The number of nitrogens with one attached hydrogen (secondary N) is 1. The first-order chi connectivity index (χ1) is 14.5. The van der Waals surface area contributed by atoms with Crippen molar-refractivity contribution < 1.29 is 4.79 Å². The maximum atomic E-state index is 12.5. The zero-order valence-electron chi connectivity index (χ0n) is 17.5. The van der Waals surface area contributed by atoms with Crippen molar-refractivity contribution in [1.29, 1.82) is 0 Å². The molecular formula is C23H26N4OS2. The maximum Gasteiger partial charge on any atom is 0.234 e. The normalized spacial score (nSPS) is 10.8. The molecule has 0 aliphatic rings. The van der Waals surface area contributed by atoms with Crippen molar-refractivity contribution in [1.82, 2.24) is 14.8 Å². The molecule has 3 aromatic rings. The van der Waals surface area contributed by atoms with Crippen LogP contribution in [-0.2, 0) is 17.1 Å². The van der Waals surface area contributed by atoms with Crippen molar-refractivity contribution in [2.75, 3.05) is 11.1 Å². The molecule has 1 amide bonds. The molecular weight excluding hydrogens is 412 g/mol. The quantitative estimate of drug-likeness (QED) is 0.357. The van der Waals surface area contributed by atoms with Gasteiger partial charge < -0.3 is 9.88 Å². The molecule has 30 heavy (non-hydrogen) atoms. The molecule has 0 spiro atoms. The van der Waals surface area contributed by atoms with Crippen LogP contribution in [0.5, 0.6) is 0 Å². The van der Waals surface area contributed by atoms with Crippen molar-refractivity contribution in [3.63, 3.8) is 0 Å². The van der Waals surface area contributed by atoms with Crippen molar-refractivity contribution in [2.45, 2.75) is 43.1 Å². The van der Waals surface area contributed by atoms with Gasteiger partial charge in [0.25, 0.3) is 0 Å². The average molecular weight is 439 g/mol. The second kappa shape index (κ2) is 10.5. The van der Waals surface area contributed by atoms with Crippen LogP contribution in [0.25, 0.3) is 0 Å². The Morgan fingerprint density at radius 1 is 1.10 bits per heavy atom. The van der Waals surface area contributed by atoms with E-state index in [9.17, 15) is 4.79 Å². The number of rotatable bonds is 9. The monoisotopic (exact) mass is 438 g/mol. The average Bonchev–Trinajstić information content (AvgIpc) is 3.10. The van der Waals surface area contributed by atoms with E-state index in [4.69, 9.17) is 0 Å². The van der Waals surface area contributed by atoms with Crippen LogP contribution in [0.4, 0.5) is 5.69 Å². The largest absolute Gasteiger partial charge is 0.325 e. The Labute approximate surface area is 186 Å². The Kier molecular flexibility index (Phi) is 7.76. The topological polar surface area (TPSA) is 59.8 Å². The van der Waals surface area contributed by atoms with E-state index in [-0.39, 0.29) is 11.7 Å². The number of anilines is 1. The lowest BCUT2D eigenvalue weighted by Crippen LogP contribution is -2.16. The van der Waals surface area contributed by atoms with Crippen molar-refractivity contribution in [3.8, 4) is 0 Å². The van der Waals surface area contributed by atoms with Gasteiger partial charge in [-0.1, -0.05) is 53.7 Å². The molecule has 0 radical (unpaired) electrons. The van der Waals surface area contributed by atoms with Crippen LogP contribution >= 0.6 is 23.5 Å². The van der Waals surface area contributed by atoms with Gasteiger partial charge in [0, 0.05) is 17.1 Å². The van der Waals surface area contributed by atoms with Crippen LogP contribution in [0, 0.1) is 20.8 Å². The minimum Gasteiger partial charge on any atom is -0.325 e. The fourth-order valence-corrected chi connectivity index (χ4v) is 4.82. The van der Waals surface area contributed by atoms with Gasteiger partial charge in [0.2, 0.25) is 5.91 Å². The summed E-state index contributed by atoms with van der Waals surface area (Å²) in [5.41, 5.74) is 4.22. The van der Waals surface area contributed by atoms with E-state index >= 15 is 0 Å². The van der Waals surface area contributed by atoms with Gasteiger partial charge in [-0.15, -0.1) is 28.5 Å². The Hall–Kier alpha value is -2.51. The Bertz CT molecular complexity index is 1010. The molecule has 1 aromatic heterocycles. The van der Waals surface area contributed by atoms with Crippen LogP contribution in [0.1, 0.15) is 22.5 Å². The number of aryl methyl sites for hydroxylation is 3. The zero-order valence-corrected chi connectivity index (χ0v) is 19.1. The molecule has 0 saturated carbocycles. The summed E-state index contributed by atoms with van der Waals surface area (Å²) in [4.78, 5) is 13.7. The predicted molar refractivity (Wildman–Crippen MR) is 126 cm³/mol. The van der Waals surface area contributed by atoms with E-state index in [2.05, 4.69) is 53.3 Å². The van der Waals surface area contributed by atoms with Crippen molar-refractivity contribution in [2.24, 2.45) is 0 Å². The number of amides is 1. The predicted octanol–water partition coefficient (Wildman–Crippen LogP) is 5.41. The summed E-state index contributed by atoms with van der Waals surface area (Å²) in [6, 6.07) is 14.4. The van der Waals surface area contributed by atoms with Crippen LogP contribution in [-0.4, -0.2) is 26.4 Å². The van der Waals surface area contributed by atoms with Crippen LogP contribution in [0.15, 0.2) is 65.2 Å². The summed E-state index contributed by atoms with van der Waals surface area (Å²) >= 11 is 3.10. The lowest BCUT2D eigenvalue weighted by molar-refractivity contribution is -0.113. The second-order valence-electron chi connectivity index (χ2n) is 7.01. The summed E-state index contributed by atoms with van der Waals surface area (Å²) in [6.07, 6.45) is 1.82. The van der Waals surface area contributed by atoms with Crippen molar-refractivity contribution >= 4 is 35.1 Å². The van der Waals surface area contributed by atoms with E-state index in [0.29, 0.717) is 12.3 Å². The highest BCUT2D eigenvalue weighted by Gasteiger charge is 2.15. The van der Waals surface area contributed by atoms with E-state index in [1.54, 1.807) is 11.8 Å². The third-order valence-corrected chi connectivity index (χ3v) is 6.46. The maximum absolute atomic E-state index is 12.5. The molecule has 1 heterocycles. The summed E-state index contributed by atoms with van der Waals surface area (Å²) in [6.45, 7) is 10.5. The zero-order chi connectivity index (χ0) is 21.5. The number of aromatic nitrogens is 3. The van der Waals surface area contributed by atoms with Crippen LogP contribution in [0.2, 0.25) is 0 Å². The van der Waals surface area contributed by atoms with Gasteiger partial charge in [-0.25, -0.2) is 0 Å². The number of hydrogen-bond donors (Lipinski definition) is 1. The summed E-state index contributed by atoms with van der Waals surface area (Å²) in [5.74, 6) is 1.80. The molecule has 1 N–H and O–H groups in total. The third kappa shape index (κ3) is 5.77.